The van der Waals surface area contributed by atoms with E-state index in [1.807, 2.05) is 0 Å². The minimum Gasteiger partial charge on any atom is -0.508 e. The van der Waals surface area contributed by atoms with Gasteiger partial charge < -0.3 is 14.5 Å². The summed E-state index contributed by atoms with van der Waals surface area (Å²) in [6, 6.07) is 3.83. The molecule has 2 aromatic rings. The first kappa shape index (κ1) is 14.5. The SMILES string of the molecule is CCN(CC)CCc1noc(-c2ccc(O)cc2F)n1. The number of likely N-dealkylation sites (N-methyl/N-ethyl adjacent to an activating group) is 1. The molecule has 0 saturated heterocycles. The molecule has 0 aliphatic heterocycles. The van der Waals surface area contributed by atoms with Crippen LogP contribution in [0.1, 0.15) is 19.7 Å². The van der Waals surface area contributed by atoms with Gasteiger partial charge in [-0.1, -0.05) is 19.0 Å². The number of phenolic OH excluding ortho intramolecular Hbond substituents is 1. The third-order valence-corrected chi connectivity index (χ3v) is 3.20. The van der Waals surface area contributed by atoms with E-state index in [0.29, 0.717) is 12.2 Å². The quantitative estimate of drug-likeness (QED) is 0.880. The van der Waals surface area contributed by atoms with Crippen LogP contribution in [0.3, 0.4) is 0 Å². The highest BCUT2D eigenvalue weighted by Gasteiger charge is 2.14. The Morgan fingerprint density at radius 1 is 1.30 bits per heavy atom. The van der Waals surface area contributed by atoms with Gasteiger partial charge in [-0.2, -0.15) is 4.98 Å². The summed E-state index contributed by atoms with van der Waals surface area (Å²) in [7, 11) is 0. The molecule has 2 rings (SSSR count). The van der Waals surface area contributed by atoms with Crippen molar-refractivity contribution in [1.82, 2.24) is 15.0 Å². The first-order chi connectivity index (χ1) is 9.63. The number of hydrogen-bond donors (Lipinski definition) is 1. The predicted octanol–water partition coefficient (Wildman–Crippen LogP) is 2.47. The van der Waals surface area contributed by atoms with E-state index in [-0.39, 0.29) is 17.2 Å². The van der Waals surface area contributed by atoms with E-state index < -0.39 is 5.82 Å². The molecule has 0 unspecified atom stereocenters. The van der Waals surface area contributed by atoms with Gasteiger partial charge in [-0.05, 0) is 25.2 Å². The molecule has 5 nitrogen and oxygen atoms in total. The van der Waals surface area contributed by atoms with E-state index in [4.69, 9.17) is 4.52 Å². The lowest BCUT2D eigenvalue weighted by molar-refractivity contribution is 0.303. The molecule has 1 N–H and O–H groups in total. The second kappa shape index (κ2) is 6.47. The maximum atomic E-state index is 13.7. The van der Waals surface area contributed by atoms with Gasteiger partial charge in [-0.3, -0.25) is 0 Å². The molecule has 0 fully saturated rings. The Bertz CT molecular complexity index is 567. The first-order valence-electron chi connectivity index (χ1n) is 6.67. The fourth-order valence-corrected chi connectivity index (χ4v) is 1.94. The van der Waals surface area contributed by atoms with Crippen molar-refractivity contribution in [1.29, 1.82) is 0 Å². The smallest absolute Gasteiger partial charge is 0.260 e. The van der Waals surface area contributed by atoms with Crippen LogP contribution in [0.4, 0.5) is 4.39 Å². The van der Waals surface area contributed by atoms with Gasteiger partial charge in [0.25, 0.3) is 5.89 Å². The van der Waals surface area contributed by atoms with Crippen LogP contribution in [0, 0.1) is 5.82 Å². The highest BCUT2D eigenvalue weighted by Crippen LogP contribution is 2.24. The minimum atomic E-state index is -0.580. The van der Waals surface area contributed by atoms with Crippen LogP contribution in [0.5, 0.6) is 5.75 Å². The molecule has 0 bridgehead atoms. The average molecular weight is 279 g/mol. The van der Waals surface area contributed by atoms with Gasteiger partial charge in [0.2, 0.25) is 0 Å². The fourth-order valence-electron chi connectivity index (χ4n) is 1.94. The van der Waals surface area contributed by atoms with Crippen molar-refractivity contribution in [3.05, 3.63) is 29.8 Å². The van der Waals surface area contributed by atoms with Gasteiger partial charge in [0.05, 0.1) is 5.56 Å². The molecule has 0 atom stereocenters. The highest BCUT2D eigenvalue weighted by molar-refractivity contribution is 5.55. The molecule has 1 aromatic heterocycles. The van der Waals surface area contributed by atoms with Gasteiger partial charge in [0, 0.05) is 19.0 Å². The summed E-state index contributed by atoms with van der Waals surface area (Å²) < 4.78 is 18.7. The Labute approximate surface area is 117 Å². The van der Waals surface area contributed by atoms with Gasteiger partial charge in [0.15, 0.2) is 5.82 Å². The third-order valence-electron chi connectivity index (χ3n) is 3.20. The highest BCUT2D eigenvalue weighted by atomic mass is 19.1. The van der Waals surface area contributed by atoms with E-state index in [1.54, 1.807) is 0 Å². The molecule has 0 aliphatic carbocycles. The van der Waals surface area contributed by atoms with Crippen molar-refractivity contribution < 1.29 is 14.0 Å². The van der Waals surface area contributed by atoms with E-state index in [2.05, 4.69) is 28.9 Å². The molecule has 0 spiro atoms. The van der Waals surface area contributed by atoms with Gasteiger partial charge >= 0.3 is 0 Å². The lowest BCUT2D eigenvalue weighted by atomic mass is 10.2. The number of nitrogens with zero attached hydrogens (tertiary/aromatic N) is 3. The van der Waals surface area contributed by atoms with Crippen LogP contribution in [0.2, 0.25) is 0 Å². The number of aromatic hydroxyl groups is 1. The van der Waals surface area contributed by atoms with Crippen LogP contribution in [-0.4, -0.2) is 39.8 Å². The molecule has 20 heavy (non-hydrogen) atoms. The van der Waals surface area contributed by atoms with E-state index in [0.717, 1.165) is 25.7 Å². The van der Waals surface area contributed by atoms with Crippen LogP contribution < -0.4 is 0 Å². The lowest BCUT2D eigenvalue weighted by Gasteiger charge is -2.16. The zero-order valence-corrected chi connectivity index (χ0v) is 11.6. The van der Waals surface area contributed by atoms with Crippen molar-refractivity contribution in [2.75, 3.05) is 19.6 Å². The summed E-state index contributed by atoms with van der Waals surface area (Å²) in [5.74, 6) is -0.0205. The summed E-state index contributed by atoms with van der Waals surface area (Å²) in [6.45, 7) is 6.96. The molecule has 0 saturated carbocycles. The van der Waals surface area contributed by atoms with Gasteiger partial charge in [-0.25, -0.2) is 4.39 Å². The normalized spacial score (nSPS) is 11.2. The molecule has 0 amide bonds. The summed E-state index contributed by atoms with van der Waals surface area (Å²) in [4.78, 5) is 6.43. The number of halogens is 1. The Balaban J connectivity index is 2.08. The van der Waals surface area contributed by atoms with E-state index in [1.165, 1.54) is 12.1 Å². The first-order valence-corrected chi connectivity index (χ1v) is 6.67. The Kier molecular flexibility index (Phi) is 4.68. The summed E-state index contributed by atoms with van der Waals surface area (Å²) in [6.07, 6.45) is 0.658. The van der Waals surface area contributed by atoms with Crippen LogP contribution in [0.15, 0.2) is 22.7 Å². The number of hydrogen-bond acceptors (Lipinski definition) is 5. The van der Waals surface area contributed by atoms with Crippen LogP contribution >= 0.6 is 0 Å². The molecule has 108 valence electrons. The average Bonchev–Trinajstić information content (AvgIpc) is 2.88. The number of rotatable bonds is 6. The summed E-state index contributed by atoms with van der Waals surface area (Å²) in [5.41, 5.74) is 0.199. The number of benzene rings is 1. The van der Waals surface area contributed by atoms with Gasteiger partial charge in [0.1, 0.15) is 11.6 Å². The van der Waals surface area contributed by atoms with Crippen molar-refractivity contribution >= 4 is 0 Å². The van der Waals surface area contributed by atoms with Crippen LogP contribution in [-0.2, 0) is 6.42 Å². The Morgan fingerprint density at radius 2 is 2.05 bits per heavy atom. The van der Waals surface area contributed by atoms with E-state index in [9.17, 15) is 9.50 Å². The maximum Gasteiger partial charge on any atom is 0.260 e. The third kappa shape index (κ3) is 3.33. The van der Waals surface area contributed by atoms with Crippen molar-refractivity contribution in [2.24, 2.45) is 0 Å². The Morgan fingerprint density at radius 3 is 2.70 bits per heavy atom. The second-order valence-corrected chi connectivity index (χ2v) is 4.46. The zero-order valence-electron chi connectivity index (χ0n) is 11.6. The largest absolute Gasteiger partial charge is 0.508 e. The summed E-state index contributed by atoms with van der Waals surface area (Å²) >= 11 is 0. The van der Waals surface area contributed by atoms with E-state index >= 15 is 0 Å². The van der Waals surface area contributed by atoms with Crippen molar-refractivity contribution in [2.45, 2.75) is 20.3 Å². The Hall–Kier alpha value is -1.95. The van der Waals surface area contributed by atoms with Gasteiger partial charge in [-0.15, -0.1) is 0 Å². The minimum absolute atomic E-state index is 0.132. The number of phenols is 1. The molecule has 1 heterocycles. The number of aromatic nitrogens is 2. The molecule has 6 heteroatoms. The monoisotopic (exact) mass is 279 g/mol. The molecule has 0 radical (unpaired) electrons. The molecular formula is C14H18FN3O2. The fraction of sp³-hybridized carbons (Fsp3) is 0.429. The van der Waals surface area contributed by atoms with Crippen LogP contribution in [0.25, 0.3) is 11.5 Å². The van der Waals surface area contributed by atoms with Crippen molar-refractivity contribution in [3.8, 4) is 17.2 Å². The zero-order chi connectivity index (χ0) is 14.5. The maximum absolute atomic E-state index is 13.7. The lowest BCUT2D eigenvalue weighted by Crippen LogP contribution is -2.25. The van der Waals surface area contributed by atoms with Crippen molar-refractivity contribution in [3.63, 3.8) is 0 Å². The molecule has 1 aromatic carbocycles. The topological polar surface area (TPSA) is 62.4 Å². The predicted molar refractivity (Wildman–Crippen MR) is 72.8 cm³/mol. The molecule has 0 aliphatic rings. The standard InChI is InChI=1S/C14H18FN3O2/c1-3-18(4-2)8-7-13-16-14(20-17-13)11-6-5-10(19)9-12(11)15/h5-6,9,19H,3-4,7-8H2,1-2H3. The molecular weight excluding hydrogens is 261 g/mol. The second-order valence-electron chi connectivity index (χ2n) is 4.46. The summed E-state index contributed by atoms with van der Waals surface area (Å²) in [5, 5.41) is 13.0.